The SMILES string of the molecule is CCOC(=O)NNc1cc(F)c(N)c(F)c1. The van der Waals surface area contributed by atoms with Crippen LogP contribution in [0.2, 0.25) is 0 Å². The minimum Gasteiger partial charge on any atom is -0.449 e. The summed E-state index contributed by atoms with van der Waals surface area (Å²) in [7, 11) is 0. The summed E-state index contributed by atoms with van der Waals surface area (Å²) >= 11 is 0. The van der Waals surface area contributed by atoms with Crippen molar-refractivity contribution in [3.05, 3.63) is 23.8 Å². The molecule has 0 spiro atoms. The van der Waals surface area contributed by atoms with Crippen LogP contribution >= 0.6 is 0 Å². The number of hydrogen-bond acceptors (Lipinski definition) is 4. The molecule has 7 heteroatoms. The largest absolute Gasteiger partial charge is 0.449 e. The third kappa shape index (κ3) is 2.97. The van der Waals surface area contributed by atoms with Gasteiger partial charge in [0.15, 0.2) is 11.6 Å². The minimum atomic E-state index is -0.909. The fraction of sp³-hybridized carbons (Fsp3) is 0.222. The highest BCUT2D eigenvalue weighted by molar-refractivity contribution is 5.69. The maximum atomic E-state index is 13.0. The molecule has 0 aliphatic rings. The Morgan fingerprint density at radius 2 is 2.00 bits per heavy atom. The number of benzene rings is 1. The van der Waals surface area contributed by atoms with E-state index < -0.39 is 23.4 Å². The Hall–Kier alpha value is -2.05. The highest BCUT2D eigenvalue weighted by Crippen LogP contribution is 2.19. The highest BCUT2D eigenvalue weighted by Gasteiger charge is 2.08. The smallest absolute Gasteiger partial charge is 0.425 e. The van der Waals surface area contributed by atoms with Crippen LogP contribution < -0.4 is 16.6 Å². The first-order chi connectivity index (χ1) is 7.54. The molecule has 1 aromatic rings. The van der Waals surface area contributed by atoms with Gasteiger partial charge in [0.25, 0.3) is 0 Å². The molecule has 0 saturated heterocycles. The lowest BCUT2D eigenvalue weighted by Gasteiger charge is -2.09. The summed E-state index contributed by atoms with van der Waals surface area (Å²) in [6.07, 6.45) is -0.750. The van der Waals surface area contributed by atoms with Gasteiger partial charge in [-0.15, -0.1) is 0 Å². The van der Waals surface area contributed by atoms with Crippen molar-refractivity contribution in [2.45, 2.75) is 6.92 Å². The Kier molecular flexibility index (Phi) is 3.87. The van der Waals surface area contributed by atoms with E-state index in [0.29, 0.717) is 0 Å². The first-order valence-corrected chi connectivity index (χ1v) is 4.48. The van der Waals surface area contributed by atoms with Crippen LogP contribution in [0.5, 0.6) is 0 Å². The zero-order valence-electron chi connectivity index (χ0n) is 8.51. The van der Waals surface area contributed by atoms with Crippen LogP contribution in [-0.2, 0) is 4.74 Å². The number of hydrogen-bond donors (Lipinski definition) is 3. The summed E-state index contributed by atoms with van der Waals surface area (Å²) in [5.74, 6) is -1.82. The number of ether oxygens (including phenoxy) is 1. The third-order valence-electron chi connectivity index (χ3n) is 1.66. The molecular weight excluding hydrogens is 220 g/mol. The predicted molar refractivity (Wildman–Crippen MR) is 54.6 cm³/mol. The van der Waals surface area contributed by atoms with Gasteiger partial charge in [-0.2, -0.15) is 0 Å². The van der Waals surface area contributed by atoms with E-state index >= 15 is 0 Å². The summed E-state index contributed by atoms with van der Waals surface area (Å²) in [4.78, 5) is 10.8. The van der Waals surface area contributed by atoms with Gasteiger partial charge in [-0.3, -0.25) is 5.43 Å². The van der Waals surface area contributed by atoms with Gasteiger partial charge in [0.2, 0.25) is 0 Å². The normalized spacial score (nSPS) is 9.69. The minimum absolute atomic E-state index is 0.0252. The van der Waals surface area contributed by atoms with Crippen LogP contribution in [0.4, 0.5) is 25.0 Å². The maximum absolute atomic E-state index is 13.0. The average molecular weight is 231 g/mol. The number of nitrogens with two attached hydrogens (primary N) is 1. The van der Waals surface area contributed by atoms with E-state index in [1.165, 1.54) is 0 Å². The topological polar surface area (TPSA) is 76.4 Å². The summed E-state index contributed by atoms with van der Waals surface area (Å²) in [6.45, 7) is 1.82. The Morgan fingerprint density at radius 1 is 1.44 bits per heavy atom. The first-order valence-electron chi connectivity index (χ1n) is 4.48. The molecule has 1 aromatic carbocycles. The van der Waals surface area contributed by atoms with Crippen LogP contribution in [-0.4, -0.2) is 12.7 Å². The molecule has 0 radical (unpaired) electrons. The van der Waals surface area contributed by atoms with E-state index in [1.807, 2.05) is 0 Å². The molecule has 1 amide bonds. The van der Waals surface area contributed by atoms with Gasteiger partial charge in [-0.05, 0) is 6.92 Å². The summed E-state index contributed by atoms with van der Waals surface area (Å²) in [5, 5.41) is 0. The van der Waals surface area contributed by atoms with Crippen molar-refractivity contribution >= 4 is 17.5 Å². The molecule has 0 aliphatic carbocycles. The molecule has 88 valence electrons. The van der Waals surface area contributed by atoms with Crippen molar-refractivity contribution in [2.75, 3.05) is 17.8 Å². The van der Waals surface area contributed by atoms with Crippen molar-refractivity contribution in [3.63, 3.8) is 0 Å². The number of rotatable bonds is 3. The maximum Gasteiger partial charge on any atom is 0.425 e. The van der Waals surface area contributed by atoms with Crippen molar-refractivity contribution < 1.29 is 18.3 Å². The molecule has 0 aliphatic heterocycles. The third-order valence-corrected chi connectivity index (χ3v) is 1.66. The molecule has 16 heavy (non-hydrogen) atoms. The van der Waals surface area contributed by atoms with E-state index in [4.69, 9.17) is 5.73 Å². The number of nitrogen functional groups attached to an aromatic ring is 1. The molecule has 0 unspecified atom stereocenters. The molecule has 0 aromatic heterocycles. The van der Waals surface area contributed by atoms with Crippen molar-refractivity contribution in [1.29, 1.82) is 0 Å². The zero-order chi connectivity index (χ0) is 12.1. The van der Waals surface area contributed by atoms with Crippen molar-refractivity contribution in [3.8, 4) is 0 Å². The average Bonchev–Trinajstić information content (AvgIpc) is 2.23. The molecule has 0 saturated carbocycles. The number of nitrogens with one attached hydrogen (secondary N) is 2. The second kappa shape index (κ2) is 5.15. The van der Waals surface area contributed by atoms with Gasteiger partial charge in [0.1, 0.15) is 5.69 Å². The zero-order valence-corrected chi connectivity index (χ0v) is 8.51. The molecule has 4 N–H and O–H groups in total. The number of carbonyl (C=O) groups is 1. The Bertz CT molecular complexity index is 375. The van der Waals surface area contributed by atoms with Crippen molar-refractivity contribution in [1.82, 2.24) is 5.43 Å². The van der Waals surface area contributed by atoms with E-state index in [0.717, 1.165) is 12.1 Å². The van der Waals surface area contributed by atoms with Gasteiger partial charge in [0, 0.05) is 12.1 Å². The Labute approximate surface area is 90.5 Å². The van der Waals surface area contributed by atoms with E-state index in [-0.39, 0.29) is 12.3 Å². The van der Waals surface area contributed by atoms with Crippen LogP contribution in [0.25, 0.3) is 0 Å². The Balaban J connectivity index is 2.65. The molecule has 0 bridgehead atoms. The second-order valence-electron chi connectivity index (χ2n) is 2.82. The fourth-order valence-corrected chi connectivity index (χ4v) is 0.947. The van der Waals surface area contributed by atoms with Gasteiger partial charge in [-0.25, -0.2) is 19.0 Å². The summed E-state index contributed by atoms with van der Waals surface area (Å²) in [5.41, 5.74) is 8.89. The van der Waals surface area contributed by atoms with Gasteiger partial charge < -0.3 is 10.5 Å². The summed E-state index contributed by atoms with van der Waals surface area (Å²) < 4.78 is 30.5. The fourth-order valence-electron chi connectivity index (χ4n) is 0.947. The van der Waals surface area contributed by atoms with E-state index in [2.05, 4.69) is 15.6 Å². The lowest BCUT2D eigenvalue weighted by Crippen LogP contribution is -2.30. The number of halogens is 2. The van der Waals surface area contributed by atoms with Crippen LogP contribution in [0.3, 0.4) is 0 Å². The standard InChI is InChI=1S/C9H11F2N3O2/c1-2-16-9(15)14-13-5-3-6(10)8(12)7(11)4-5/h3-4,13H,2,12H2,1H3,(H,14,15). The van der Waals surface area contributed by atoms with E-state index in [9.17, 15) is 13.6 Å². The number of anilines is 2. The quantitative estimate of drug-likeness (QED) is 0.545. The molecule has 0 atom stereocenters. The van der Waals surface area contributed by atoms with E-state index in [1.54, 1.807) is 6.92 Å². The molecule has 0 fully saturated rings. The Morgan fingerprint density at radius 3 is 2.50 bits per heavy atom. The number of hydrazine groups is 1. The van der Waals surface area contributed by atoms with Gasteiger partial charge >= 0.3 is 6.09 Å². The second-order valence-corrected chi connectivity index (χ2v) is 2.82. The lowest BCUT2D eigenvalue weighted by molar-refractivity contribution is 0.154. The highest BCUT2D eigenvalue weighted by atomic mass is 19.1. The van der Waals surface area contributed by atoms with Crippen LogP contribution in [0.15, 0.2) is 12.1 Å². The number of amides is 1. The van der Waals surface area contributed by atoms with Crippen LogP contribution in [0.1, 0.15) is 6.92 Å². The van der Waals surface area contributed by atoms with Crippen LogP contribution in [0, 0.1) is 11.6 Å². The summed E-state index contributed by atoms with van der Waals surface area (Å²) in [6, 6.07) is 1.90. The molecular formula is C9H11F2N3O2. The molecule has 1 rings (SSSR count). The van der Waals surface area contributed by atoms with Gasteiger partial charge in [-0.1, -0.05) is 0 Å². The number of carbonyl (C=O) groups excluding carboxylic acids is 1. The monoisotopic (exact) mass is 231 g/mol. The lowest BCUT2D eigenvalue weighted by atomic mass is 10.2. The van der Waals surface area contributed by atoms with Gasteiger partial charge in [0.05, 0.1) is 12.3 Å². The predicted octanol–water partition coefficient (Wildman–Crippen LogP) is 1.62. The molecule has 5 nitrogen and oxygen atoms in total. The van der Waals surface area contributed by atoms with Crippen molar-refractivity contribution in [2.24, 2.45) is 0 Å². The molecule has 0 heterocycles. The first kappa shape index (κ1) is 12.0.